The van der Waals surface area contributed by atoms with E-state index < -0.39 is 0 Å². The Balaban J connectivity index is 0. The van der Waals surface area contributed by atoms with Crippen LogP contribution in [0.4, 0.5) is 0 Å². The van der Waals surface area contributed by atoms with E-state index in [1.165, 1.54) is 0 Å². The molecule has 0 aliphatic carbocycles. The third-order valence-electron chi connectivity index (χ3n) is 0. The minimum Gasteiger partial charge on any atom is -0.344 e. The number of hydrogen-bond donors (Lipinski definition) is 1. The Morgan fingerprint density at radius 2 is 1.00 bits per heavy atom. The van der Waals surface area contributed by atoms with Crippen LogP contribution in [0.15, 0.2) is 0 Å². The zero-order chi connectivity index (χ0) is 0. The molecule has 0 heterocycles. The summed E-state index contributed by atoms with van der Waals surface area (Å²) in [7, 11) is 0. The van der Waals surface area contributed by atoms with Crippen molar-refractivity contribution in [1.29, 1.82) is 0 Å². The first-order valence-corrected chi connectivity index (χ1v) is 0. The van der Waals surface area contributed by atoms with Gasteiger partial charge in [0.05, 0.1) is 0 Å². The Labute approximate surface area is 47.8 Å². The van der Waals surface area contributed by atoms with Gasteiger partial charge in [-0.15, -0.1) is 0 Å². The van der Waals surface area contributed by atoms with Gasteiger partial charge >= 0.3 is 0 Å². The molecule has 0 aliphatic heterocycles. The fourth-order valence-corrected chi connectivity index (χ4v) is 0. The van der Waals surface area contributed by atoms with Gasteiger partial charge in [0, 0.05) is 33.8 Å². The quantitative estimate of drug-likeness (QED) is 0.506. The van der Waals surface area contributed by atoms with Crippen LogP contribution < -0.4 is 6.15 Å². The summed E-state index contributed by atoms with van der Waals surface area (Å²) in [5, 5.41) is 0. The number of hydrogen-bond acceptors (Lipinski definition) is 1. The fourth-order valence-electron chi connectivity index (χ4n) is 0. The van der Waals surface area contributed by atoms with Crippen molar-refractivity contribution >= 4 is 0 Å². The molecule has 0 aromatic rings. The fraction of sp³-hybridized carbons (Fsp3) is 1.00. The van der Waals surface area contributed by atoms with Gasteiger partial charge in [0.25, 0.3) is 0 Å². The monoisotopic (exact) mass is 148 g/mol. The largest absolute Gasteiger partial charge is 0.344 e. The third-order valence-corrected chi connectivity index (χ3v) is 0. The maximum Gasteiger partial charge on any atom is 0 e. The predicted molar refractivity (Wildman–Crippen MR) is 11.8 cm³/mol. The molecule has 1 radical (unpaired) electrons. The zero-order valence-electron chi connectivity index (χ0n) is 1.39. The van der Waals surface area contributed by atoms with Gasteiger partial charge in [-0.1, -0.05) is 7.43 Å². The summed E-state index contributed by atoms with van der Waals surface area (Å²) in [5.74, 6) is 0. The standard InChI is InChI=1S/CH4.Co.Fe.H3N/h1H4;;;1H3. The Hall–Kier alpha value is 0.986. The topological polar surface area (TPSA) is 35.0 Å². The first kappa shape index (κ1) is 81.5. The average Bonchev–Trinajstić information content (AvgIpc) is 0. The predicted octanol–water partition coefficient (Wildman–Crippen LogP) is 0.793. The maximum atomic E-state index is 0. The molecule has 0 spiro atoms. The molecule has 0 saturated carbocycles. The summed E-state index contributed by atoms with van der Waals surface area (Å²) >= 11 is 0. The van der Waals surface area contributed by atoms with Crippen molar-refractivity contribution in [2.75, 3.05) is 0 Å². The van der Waals surface area contributed by atoms with Crippen molar-refractivity contribution in [3.8, 4) is 0 Å². The van der Waals surface area contributed by atoms with E-state index in [4.69, 9.17) is 0 Å². The van der Waals surface area contributed by atoms with Crippen LogP contribution in [-0.4, -0.2) is 0 Å². The Bertz CT molecular complexity index is 8.00. The number of rotatable bonds is 0. The minimum atomic E-state index is 0. The maximum absolute atomic E-state index is 0. The molecule has 0 aromatic carbocycles. The second-order valence-electron chi connectivity index (χ2n) is 0. The van der Waals surface area contributed by atoms with Crippen LogP contribution in [0.25, 0.3) is 0 Å². The van der Waals surface area contributed by atoms with Crippen LogP contribution in [0.2, 0.25) is 0 Å². The molecule has 0 bridgehead atoms. The molecule has 0 unspecified atom stereocenters. The van der Waals surface area contributed by atoms with E-state index in [1.54, 1.807) is 0 Å². The van der Waals surface area contributed by atoms with E-state index in [9.17, 15) is 0 Å². The first-order valence-electron chi connectivity index (χ1n) is 0. The summed E-state index contributed by atoms with van der Waals surface area (Å²) < 4.78 is 0. The Kier molecular flexibility index (Phi) is 745. The summed E-state index contributed by atoms with van der Waals surface area (Å²) in [4.78, 5) is 0. The molecule has 0 saturated heterocycles. The summed E-state index contributed by atoms with van der Waals surface area (Å²) in [5.41, 5.74) is 0. The molecular formula is CH7CoFeN. The van der Waals surface area contributed by atoms with Gasteiger partial charge in [0.15, 0.2) is 0 Å². The summed E-state index contributed by atoms with van der Waals surface area (Å²) in [6.45, 7) is 0. The van der Waals surface area contributed by atoms with Crippen LogP contribution in [0, 0.1) is 0 Å². The molecule has 0 rings (SSSR count). The van der Waals surface area contributed by atoms with Gasteiger partial charge in [-0.2, -0.15) is 0 Å². The van der Waals surface area contributed by atoms with Crippen molar-refractivity contribution in [3.63, 3.8) is 0 Å². The van der Waals surface area contributed by atoms with Gasteiger partial charge < -0.3 is 6.15 Å². The van der Waals surface area contributed by atoms with E-state index >= 15 is 0 Å². The van der Waals surface area contributed by atoms with Crippen LogP contribution in [0.1, 0.15) is 7.43 Å². The normalized spacial score (nSPS) is 0. The van der Waals surface area contributed by atoms with E-state index in [-0.39, 0.29) is 47.4 Å². The van der Waals surface area contributed by atoms with Crippen molar-refractivity contribution in [2.24, 2.45) is 0 Å². The Morgan fingerprint density at radius 3 is 1.00 bits per heavy atom. The second kappa shape index (κ2) is 36.6. The van der Waals surface area contributed by atoms with Crippen LogP contribution in [0.5, 0.6) is 0 Å². The molecule has 4 heavy (non-hydrogen) atoms. The van der Waals surface area contributed by atoms with Gasteiger partial charge in [0.1, 0.15) is 0 Å². The van der Waals surface area contributed by atoms with Crippen molar-refractivity contribution in [1.82, 2.24) is 6.15 Å². The smallest absolute Gasteiger partial charge is 0 e. The van der Waals surface area contributed by atoms with Gasteiger partial charge in [-0.05, 0) is 0 Å². The second-order valence-corrected chi connectivity index (χ2v) is 0. The summed E-state index contributed by atoms with van der Waals surface area (Å²) in [6, 6.07) is 0. The molecule has 1 nitrogen and oxygen atoms in total. The average molecular weight is 148 g/mol. The molecule has 0 atom stereocenters. The molecule has 0 fully saturated rings. The summed E-state index contributed by atoms with van der Waals surface area (Å²) in [6.07, 6.45) is 0. The molecule has 0 aromatic heterocycles. The first-order chi connectivity index (χ1) is 0. The van der Waals surface area contributed by atoms with E-state index in [2.05, 4.69) is 0 Å². The van der Waals surface area contributed by atoms with Crippen molar-refractivity contribution in [3.05, 3.63) is 0 Å². The van der Waals surface area contributed by atoms with E-state index in [0.717, 1.165) is 0 Å². The molecule has 3 heteroatoms. The van der Waals surface area contributed by atoms with Gasteiger partial charge in [-0.25, -0.2) is 0 Å². The van der Waals surface area contributed by atoms with E-state index in [0.29, 0.717) is 0 Å². The van der Waals surface area contributed by atoms with Gasteiger partial charge in [-0.3, -0.25) is 0 Å². The van der Waals surface area contributed by atoms with Crippen LogP contribution in [-0.2, 0) is 33.8 Å². The van der Waals surface area contributed by atoms with Crippen LogP contribution >= 0.6 is 0 Å². The van der Waals surface area contributed by atoms with Crippen molar-refractivity contribution < 1.29 is 33.8 Å². The van der Waals surface area contributed by atoms with Gasteiger partial charge in [0.2, 0.25) is 0 Å². The molecular weight excluding hydrogens is 141 g/mol. The minimum absolute atomic E-state index is 0. The molecule has 0 aliphatic rings. The molecule has 33 valence electrons. The molecule has 0 amide bonds. The zero-order valence-corrected chi connectivity index (χ0v) is 3.54. The van der Waals surface area contributed by atoms with Crippen LogP contribution in [0.3, 0.4) is 0 Å². The SMILES string of the molecule is C.N.[Co].[Fe]. The third kappa shape index (κ3) is 12.1. The molecule has 3 N–H and O–H groups in total. The van der Waals surface area contributed by atoms with E-state index in [1.807, 2.05) is 0 Å². The Morgan fingerprint density at radius 1 is 1.00 bits per heavy atom. The van der Waals surface area contributed by atoms with Crippen molar-refractivity contribution in [2.45, 2.75) is 7.43 Å².